The minimum absolute atomic E-state index is 0.0654. The van der Waals surface area contributed by atoms with Crippen molar-refractivity contribution in [2.24, 2.45) is 0 Å². The summed E-state index contributed by atoms with van der Waals surface area (Å²) in [6.45, 7) is 0.359. The molecule has 0 saturated heterocycles. The van der Waals surface area contributed by atoms with E-state index in [1.165, 1.54) is 6.07 Å². The summed E-state index contributed by atoms with van der Waals surface area (Å²) in [6.07, 6.45) is 0.386. The maximum atomic E-state index is 13.1. The molecule has 0 unspecified atom stereocenters. The van der Waals surface area contributed by atoms with E-state index >= 15 is 0 Å². The number of carbonyl (C=O) groups is 1. The molecule has 0 heterocycles. The Labute approximate surface area is 152 Å². The summed E-state index contributed by atoms with van der Waals surface area (Å²) < 4.78 is 5.18. The molecule has 0 saturated carbocycles. The molecule has 0 bridgehead atoms. The van der Waals surface area contributed by atoms with Crippen LogP contribution in [0.4, 0.5) is 0 Å². The van der Waals surface area contributed by atoms with Gasteiger partial charge in [0.25, 0.3) is 0 Å². The average Bonchev–Trinajstić information content (AvgIpc) is 2.67. The van der Waals surface area contributed by atoms with Crippen molar-refractivity contribution in [3.63, 3.8) is 0 Å². The van der Waals surface area contributed by atoms with E-state index in [-0.39, 0.29) is 22.8 Å². The quantitative estimate of drug-likeness (QED) is 0.656. The van der Waals surface area contributed by atoms with E-state index in [0.29, 0.717) is 29.7 Å². The Bertz CT molecular complexity index is 902. The molecule has 0 fully saturated rings. The van der Waals surface area contributed by atoms with Crippen LogP contribution in [-0.2, 0) is 11.2 Å². The largest absolute Gasteiger partial charge is 0.507 e. The fourth-order valence-corrected chi connectivity index (χ4v) is 3.08. The van der Waals surface area contributed by atoms with Crippen LogP contribution in [-0.4, -0.2) is 29.7 Å². The zero-order valence-corrected chi connectivity index (χ0v) is 14.5. The molecule has 26 heavy (non-hydrogen) atoms. The third-order valence-electron chi connectivity index (χ3n) is 4.27. The third kappa shape index (κ3) is 3.46. The molecule has 0 amide bonds. The first-order valence-electron chi connectivity index (χ1n) is 8.35. The second kappa shape index (κ2) is 7.85. The fourth-order valence-electron chi connectivity index (χ4n) is 3.08. The highest BCUT2D eigenvalue weighted by Crippen LogP contribution is 2.40. The number of phenolic OH excluding ortho intramolecular Hbond substituents is 2. The van der Waals surface area contributed by atoms with Crippen LogP contribution in [0, 0.1) is 0 Å². The van der Waals surface area contributed by atoms with Gasteiger partial charge >= 0.3 is 0 Å². The highest BCUT2D eigenvalue weighted by atomic mass is 16.5. The van der Waals surface area contributed by atoms with Crippen molar-refractivity contribution in [3.8, 4) is 22.6 Å². The van der Waals surface area contributed by atoms with Gasteiger partial charge in [-0.15, -0.1) is 0 Å². The van der Waals surface area contributed by atoms with Gasteiger partial charge in [0.05, 0.1) is 12.2 Å². The lowest BCUT2D eigenvalue weighted by Crippen LogP contribution is -2.10. The lowest BCUT2D eigenvalue weighted by molar-refractivity contribution is 0.103. The van der Waals surface area contributed by atoms with Crippen LogP contribution in [0.5, 0.6) is 11.5 Å². The maximum absolute atomic E-state index is 13.1. The number of phenols is 2. The number of hydrogen-bond acceptors (Lipinski definition) is 4. The fraction of sp³-hybridized carbons (Fsp3) is 0.136. The van der Waals surface area contributed by atoms with Gasteiger partial charge in [0.15, 0.2) is 5.78 Å². The van der Waals surface area contributed by atoms with Crippen molar-refractivity contribution < 1.29 is 19.7 Å². The molecule has 3 aromatic carbocycles. The summed E-state index contributed by atoms with van der Waals surface area (Å²) in [5, 5.41) is 20.9. The van der Waals surface area contributed by atoms with Crippen molar-refractivity contribution >= 4 is 5.78 Å². The Kier molecular flexibility index (Phi) is 5.34. The smallest absolute Gasteiger partial charge is 0.197 e. The molecule has 0 aromatic heterocycles. The van der Waals surface area contributed by atoms with Gasteiger partial charge in [0.1, 0.15) is 11.5 Å². The van der Waals surface area contributed by atoms with E-state index in [0.717, 1.165) is 5.56 Å². The summed E-state index contributed by atoms with van der Waals surface area (Å²) in [5.74, 6) is -0.585. The predicted molar refractivity (Wildman–Crippen MR) is 101 cm³/mol. The van der Waals surface area contributed by atoms with Crippen LogP contribution in [0.3, 0.4) is 0 Å². The standard InChI is InChI=1S/C22H20O4/c1-26-13-12-17-20(15-8-4-2-5-9-15)18(23)14-19(24)21(17)22(25)16-10-6-3-7-11-16/h2-11,14,23-24H,12-13H2,1H3. The first-order chi connectivity index (χ1) is 12.6. The van der Waals surface area contributed by atoms with Crippen LogP contribution >= 0.6 is 0 Å². The number of ketones is 1. The molecule has 2 N–H and O–H groups in total. The number of methoxy groups -OCH3 is 1. The molecule has 4 heteroatoms. The van der Waals surface area contributed by atoms with Gasteiger partial charge in [0.2, 0.25) is 0 Å². The Balaban J connectivity index is 2.24. The van der Waals surface area contributed by atoms with Crippen LogP contribution in [0.1, 0.15) is 21.5 Å². The summed E-state index contributed by atoms with van der Waals surface area (Å²) in [7, 11) is 1.57. The van der Waals surface area contributed by atoms with Crippen molar-refractivity contribution in [1.29, 1.82) is 0 Å². The average molecular weight is 348 g/mol. The minimum Gasteiger partial charge on any atom is -0.507 e. The normalized spacial score (nSPS) is 10.7. The van der Waals surface area contributed by atoms with Gasteiger partial charge in [-0.3, -0.25) is 4.79 Å². The van der Waals surface area contributed by atoms with E-state index in [9.17, 15) is 15.0 Å². The number of benzene rings is 3. The molecule has 4 nitrogen and oxygen atoms in total. The number of ether oxygens (including phenoxy) is 1. The molecule has 0 aliphatic heterocycles. The molecule has 3 aromatic rings. The molecule has 0 aliphatic carbocycles. The Hall–Kier alpha value is -3.11. The molecular formula is C22H20O4. The van der Waals surface area contributed by atoms with E-state index in [2.05, 4.69) is 0 Å². The zero-order chi connectivity index (χ0) is 18.5. The van der Waals surface area contributed by atoms with E-state index in [4.69, 9.17) is 4.74 Å². The summed E-state index contributed by atoms with van der Waals surface area (Å²) >= 11 is 0. The second-order valence-electron chi connectivity index (χ2n) is 5.95. The number of rotatable bonds is 6. The molecule has 3 rings (SSSR count). The van der Waals surface area contributed by atoms with Crippen LogP contribution in [0.25, 0.3) is 11.1 Å². The first kappa shape index (κ1) is 17.7. The van der Waals surface area contributed by atoms with Gasteiger partial charge in [-0.2, -0.15) is 0 Å². The third-order valence-corrected chi connectivity index (χ3v) is 4.27. The molecule has 0 spiro atoms. The van der Waals surface area contributed by atoms with Gasteiger partial charge in [-0.25, -0.2) is 0 Å². The monoisotopic (exact) mass is 348 g/mol. The van der Waals surface area contributed by atoms with Gasteiger partial charge in [0, 0.05) is 24.3 Å². The van der Waals surface area contributed by atoms with Crippen LogP contribution in [0.15, 0.2) is 66.7 Å². The predicted octanol–water partition coefficient (Wildman–Crippen LogP) is 4.18. The molecule has 132 valence electrons. The number of carbonyl (C=O) groups excluding carboxylic acids is 1. The van der Waals surface area contributed by atoms with Gasteiger partial charge in [-0.05, 0) is 17.5 Å². The van der Waals surface area contributed by atoms with Gasteiger partial charge in [-0.1, -0.05) is 60.7 Å². The summed E-state index contributed by atoms with van der Waals surface area (Å²) in [5.41, 5.74) is 2.57. The van der Waals surface area contributed by atoms with Crippen LogP contribution in [0.2, 0.25) is 0 Å². The van der Waals surface area contributed by atoms with Gasteiger partial charge < -0.3 is 14.9 Å². The molecule has 0 aliphatic rings. The summed E-state index contributed by atoms with van der Waals surface area (Å²) in [4.78, 5) is 13.1. The number of hydrogen-bond donors (Lipinski definition) is 2. The first-order valence-corrected chi connectivity index (χ1v) is 8.35. The Morgan fingerprint density at radius 3 is 2.15 bits per heavy atom. The van der Waals surface area contributed by atoms with Crippen molar-refractivity contribution in [3.05, 3.63) is 83.4 Å². The maximum Gasteiger partial charge on any atom is 0.197 e. The highest BCUT2D eigenvalue weighted by molar-refractivity contribution is 6.13. The van der Waals surface area contributed by atoms with Crippen LogP contribution < -0.4 is 0 Å². The SMILES string of the molecule is COCCc1c(C(=O)c2ccccc2)c(O)cc(O)c1-c1ccccc1. The van der Waals surface area contributed by atoms with Crippen molar-refractivity contribution in [1.82, 2.24) is 0 Å². The van der Waals surface area contributed by atoms with Crippen molar-refractivity contribution in [2.75, 3.05) is 13.7 Å². The van der Waals surface area contributed by atoms with E-state index < -0.39 is 0 Å². The van der Waals surface area contributed by atoms with E-state index in [1.54, 1.807) is 31.4 Å². The summed E-state index contributed by atoms with van der Waals surface area (Å²) in [6, 6.07) is 19.3. The molecular weight excluding hydrogens is 328 g/mol. The highest BCUT2D eigenvalue weighted by Gasteiger charge is 2.24. The second-order valence-corrected chi connectivity index (χ2v) is 5.95. The number of aromatic hydroxyl groups is 2. The zero-order valence-electron chi connectivity index (χ0n) is 14.5. The Morgan fingerprint density at radius 2 is 1.54 bits per heavy atom. The molecule has 0 atom stereocenters. The van der Waals surface area contributed by atoms with E-state index in [1.807, 2.05) is 36.4 Å². The molecule has 0 radical (unpaired) electrons. The lowest BCUT2D eigenvalue weighted by Gasteiger charge is -2.18. The Morgan fingerprint density at radius 1 is 0.923 bits per heavy atom. The topological polar surface area (TPSA) is 66.8 Å². The lowest BCUT2D eigenvalue weighted by atomic mass is 9.88. The minimum atomic E-state index is -0.286. The van der Waals surface area contributed by atoms with Crippen molar-refractivity contribution in [2.45, 2.75) is 6.42 Å².